The van der Waals surface area contributed by atoms with E-state index in [1.54, 1.807) is 13.2 Å². The predicted octanol–water partition coefficient (Wildman–Crippen LogP) is 3.25. The maximum atomic E-state index is 13.0. The predicted molar refractivity (Wildman–Crippen MR) is 87.7 cm³/mol. The molecule has 0 amide bonds. The van der Waals surface area contributed by atoms with Gasteiger partial charge in [0.25, 0.3) is 0 Å². The van der Waals surface area contributed by atoms with E-state index in [1.807, 2.05) is 24.3 Å². The Kier molecular flexibility index (Phi) is 6.07. The first kappa shape index (κ1) is 17.4. The van der Waals surface area contributed by atoms with Crippen molar-refractivity contribution < 1.29 is 14.2 Å². The van der Waals surface area contributed by atoms with Crippen LogP contribution in [0.2, 0.25) is 0 Å². The van der Waals surface area contributed by atoms with Gasteiger partial charge >= 0.3 is 0 Å². The van der Waals surface area contributed by atoms with E-state index in [1.165, 1.54) is 12.3 Å². The van der Waals surface area contributed by atoms with E-state index in [0.29, 0.717) is 12.3 Å². The molecule has 124 valence electrons. The summed E-state index contributed by atoms with van der Waals surface area (Å²) >= 11 is 0. The summed E-state index contributed by atoms with van der Waals surface area (Å²) in [5, 5.41) is 13.7. The minimum atomic E-state index is -0.660. The Bertz CT molecular complexity index is 617. The SMILES string of the molecule is COc1cccc(C(O)CNC(c2ccc(F)cn2)C(C)C)c1. The van der Waals surface area contributed by atoms with Crippen molar-refractivity contribution in [2.75, 3.05) is 13.7 Å². The maximum Gasteiger partial charge on any atom is 0.141 e. The summed E-state index contributed by atoms with van der Waals surface area (Å²) in [5.74, 6) is 0.611. The van der Waals surface area contributed by atoms with E-state index >= 15 is 0 Å². The van der Waals surface area contributed by atoms with E-state index in [2.05, 4.69) is 24.1 Å². The Balaban J connectivity index is 2.04. The quantitative estimate of drug-likeness (QED) is 0.823. The highest BCUT2D eigenvalue weighted by molar-refractivity contribution is 5.30. The fourth-order valence-corrected chi connectivity index (χ4v) is 2.46. The highest BCUT2D eigenvalue weighted by atomic mass is 19.1. The number of hydrogen-bond acceptors (Lipinski definition) is 4. The maximum absolute atomic E-state index is 13.0. The Morgan fingerprint density at radius 2 is 2.04 bits per heavy atom. The molecule has 0 aliphatic heterocycles. The van der Waals surface area contributed by atoms with Crippen molar-refractivity contribution >= 4 is 0 Å². The zero-order valence-electron chi connectivity index (χ0n) is 13.7. The Morgan fingerprint density at radius 3 is 2.65 bits per heavy atom. The van der Waals surface area contributed by atoms with Gasteiger partial charge in [-0.2, -0.15) is 0 Å². The molecule has 4 nitrogen and oxygen atoms in total. The number of nitrogens with zero attached hydrogens (tertiary/aromatic N) is 1. The number of hydrogen-bond donors (Lipinski definition) is 2. The number of nitrogens with one attached hydrogen (secondary N) is 1. The fourth-order valence-electron chi connectivity index (χ4n) is 2.46. The lowest BCUT2D eigenvalue weighted by Crippen LogP contribution is -2.30. The molecule has 0 fully saturated rings. The average Bonchev–Trinajstić information content (AvgIpc) is 2.56. The Labute approximate surface area is 136 Å². The molecule has 0 spiro atoms. The zero-order chi connectivity index (χ0) is 16.8. The summed E-state index contributed by atoms with van der Waals surface area (Å²) in [6.07, 6.45) is 0.553. The smallest absolute Gasteiger partial charge is 0.141 e. The van der Waals surface area contributed by atoms with Gasteiger partial charge in [0.15, 0.2) is 0 Å². The number of benzene rings is 1. The first-order chi connectivity index (χ1) is 11.0. The third-order valence-electron chi connectivity index (χ3n) is 3.75. The fraction of sp³-hybridized carbons (Fsp3) is 0.389. The van der Waals surface area contributed by atoms with E-state index < -0.39 is 6.10 Å². The van der Waals surface area contributed by atoms with Gasteiger partial charge in [-0.25, -0.2) is 4.39 Å². The number of halogens is 1. The molecular weight excluding hydrogens is 295 g/mol. The summed E-state index contributed by atoms with van der Waals surface area (Å²) in [6, 6.07) is 10.4. The van der Waals surface area contributed by atoms with Gasteiger partial charge in [-0.1, -0.05) is 26.0 Å². The molecule has 0 aliphatic carbocycles. The highest BCUT2D eigenvalue weighted by Crippen LogP contribution is 2.23. The molecule has 0 saturated carbocycles. The number of ether oxygens (including phenoxy) is 1. The number of aromatic nitrogens is 1. The normalized spacial score (nSPS) is 13.8. The molecule has 0 saturated heterocycles. The summed E-state index contributed by atoms with van der Waals surface area (Å²) in [4.78, 5) is 4.14. The van der Waals surface area contributed by atoms with Crippen molar-refractivity contribution in [3.63, 3.8) is 0 Å². The number of methoxy groups -OCH3 is 1. The van der Waals surface area contributed by atoms with Crippen LogP contribution in [0.25, 0.3) is 0 Å². The molecule has 2 unspecified atom stereocenters. The van der Waals surface area contributed by atoms with Gasteiger partial charge in [0.1, 0.15) is 11.6 Å². The van der Waals surface area contributed by atoms with Crippen LogP contribution in [0, 0.1) is 11.7 Å². The molecule has 0 radical (unpaired) electrons. The summed E-state index contributed by atoms with van der Waals surface area (Å²) in [7, 11) is 1.60. The third kappa shape index (κ3) is 4.74. The standard InChI is InChI=1S/C18H23FN2O2/c1-12(2)18(16-8-7-14(19)10-20-16)21-11-17(22)13-5-4-6-15(9-13)23-3/h4-10,12,17-18,21-22H,11H2,1-3H3. The minimum absolute atomic E-state index is 0.0594. The Hall–Kier alpha value is -1.98. The molecule has 2 atom stereocenters. The number of aliphatic hydroxyl groups is 1. The van der Waals surface area contributed by atoms with Gasteiger partial charge in [0.05, 0.1) is 31.1 Å². The lowest BCUT2D eigenvalue weighted by atomic mass is 9.99. The van der Waals surface area contributed by atoms with E-state index in [4.69, 9.17) is 4.74 Å². The van der Waals surface area contributed by atoms with Crippen LogP contribution in [0.3, 0.4) is 0 Å². The van der Waals surface area contributed by atoms with Gasteiger partial charge in [-0.15, -0.1) is 0 Å². The van der Waals surface area contributed by atoms with E-state index in [9.17, 15) is 9.50 Å². The van der Waals surface area contributed by atoms with Gasteiger partial charge in [0, 0.05) is 6.54 Å². The van der Waals surface area contributed by atoms with Crippen LogP contribution in [0.4, 0.5) is 4.39 Å². The summed E-state index contributed by atoms with van der Waals surface area (Å²) in [5.41, 5.74) is 1.55. The van der Waals surface area contributed by atoms with Crippen LogP contribution in [-0.2, 0) is 0 Å². The van der Waals surface area contributed by atoms with Gasteiger partial charge in [-0.3, -0.25) is 4.98 Å². The first-order valence-corrected chi connectivity index (χ1v) is 7.68. The van der Waals surface area contributed by atoms with Crippen molar-refractivity contribution in [1.29, 1.82) is 0 Å². The van der Waals surface area contributed by atoms with Crippen molar-refractivity contribution in [3.05, 3.63) is 59.7 Å². The number of aliphatic hydroxyl groups excluding tert-OH is 1. The van der Waals surface area contributed by atoms with Crippen LogP contribution in [0.15, 0.2) is 42.6 Å². The van der Waals surface area contributed by atoms with E-state index in [-0.39, 0.29) is 17.8 Å². The van der Waals surface area contributed by atoms with Crippen molar-refractivity contribution in [2.24, 2.45) is 5.92 Å². The largest absolute Gasteiger partial charge is 0.497 e. The first-order valence-electron chi connectivity index (χ1n) is 7.68. The van der Waals surface area contributed by atoms with Gasteiger partial charge < -0.3 is 15.2 Å². The third-order valence-corrected chi connectivity index (χ3v) is 3.75. The molecule has 2 N–H and O–H groups in total. The lowest BCUT2D eigenvalue weighted by Gasteiger charge is -2.24. The van der Waals surface area contributed by atoms with Crippen LogP contribution < -0.4 is 10.1 Å². The van der Waals surface area contributed by atoms with Crippen LogP contribution >= 0.6 is 0 Å². The molecule has 1 aromatic carbocycles. The highest BCUT2D eigenvalue weighted by Gasteiger charge is 2.19. The lowest BCUT2D eigenvalue weighted by molar-refractivity contribution is 0.165. The molecular formula is C18H23FN2O2. The molecule has 5 heteroatoms. The second-order valence-electron chi connectivity index (χ2n) is 5.82. The molecule has 1 heterocycles. The second kappa shape index (κ2) is 8.04. The monoisotopic (exact) mass is 318 g/mol. The zero-order valence-corrected chi connectivity index (χ0v) is 13.7. The second-order valence-corrected chi connectivity index (χ2v) is 5.82. The van der Waals surface area contributed by atoms with Gasteiger partial charge in [-0.05, 0) is 35.7 Å². The van der Waals surface area contributed by atoms with Crippen molar-refractivity contribution in [1.82, 2.24) is 10.3 Å². The molecule has 0 aliphatic rings. The van der Waals surface area contributed by atoms with Crippen molar-refractivity contribution in [2.45, 2.75) is 26.0 Å². The molecule has 2 aromatic rings. The Morgan fingerprint density at radius 1 is 1.26 bits per heavy atom. The van der Waals surface area contributed by atoms with Gasteiger partial charge in [0.2, 0.25) is 0 Å². The summed E-state index contributed by atoms with van der Waals surface area (Å²) < 4.78 is 18.2. The molecule has 1 aromatic heterocycles. The van der Waals surface area contributed by atoms with Crippen molar-refractivity contribution in [3.8, 4) is 5.75 Å². The average molecular weight is 318 g/mol. The number of pyridine rings is 1. The molecule has 2 rings (SSSR count). The summed E-state index contributed by atoms with van der Waals surface area (Å²) in [6.45, 7) is 4.48. The molecule has 0 bridgehead atoms. The molecule has 23 heavy (non-hydrogen) atoms. The topological polar surface area (TPSA) is 54.4 Å². The van der Waals surface area contributed by atoms with Crippen LogP contribution in [0.1, 0.15) is 37.3 Å². The minimum Gasteiger partial charge on any atom is -0.497 e. The van der Waals surface area contributed by atoms with Crippen LogP contribution in [-0.4, -0.2) is 23.7 Å². The number of rotatable bonds is 7. The van der Waals surface area contributed by atoms with E-state index in [0.717, 1.165) is 11.3 Å². The van der Waals surface area contributed by atoms with Crippen LogP contribution in [0.5, 0.6) is 5.75 Å².